The highest BCUT2D eigenvalue weighted by Crippen LogP contribution is 2.30. The number of imide groups is 1. The lowest BCUT2D eigenvalue weighted by atomic mass is 10.2. The molecular weight excluding hydrogens is 334 g/mol. The Morgan fingerprint density at radius 1 is 1.12 bits per heavy atom. The predicted molar refractivity (Wildman–Crippen MR) is 93.2 cm³/mol. The number of furan rings is 1. The third kappa shape index (κ3) is 3.20. The van der Waals surface area contributed by atoms with E-state index in [1.165, 1.54) is 4.90 Å². The molecule has 0 atom stereocenters. The molecule has 134 valence electrons. The van der Waals surface area contributed by atoms with E-state index in [1.54, 1.807) is 23.3 Å². The normalized spacial score (nSPS) is 17.1. The lowest BCUT2D eigenvalue weighted by molar-refractivity contribution is -0.129. The fraction of sp³-hybridized carbons (Fsp3) is 0.316. The molecule has 0 spiro atoms. The van der Waals surface area contributed by atoms with Gasteiger partial charge in [0.25, 0.3) is 5.91 Å². The van der Waals surface area contributed by atoms with Crippen molar-refractivity contribution in [2.24, 2.45) is 0 Å². The van der Waals surface area contributed by atoms with Crippen LogP contribution in [-0.4, -0.2) is 46.8 Å². The van der Waals surface area contributed by atoms with Gasteiger partial charge in [-0.1, -0.05) is 18.2 Å². The number of para-hydroxylation sites is 1. The summed E-state index contributed by atoms with van der Waals surface area (Å²) in [4.78, 5) is 41.7. The van der Waals surface area contributed by atoms with Crippen LogP contribution in [0.5, 0.6) is 0 Å². The Bertz CT molecular complexity index is 815. The topological polar surface area (TPSA) is 74.1 Å². The molecule has 2 aromatic rings. The van der Waals surface area contributed by atoms with Crippen LogP contribution in [0, 0.1) is 0 Å². The van der Waals surface area contributed by atoms with Gasteiger partial charge in [-0.15, -0.1) is 0 Å². The average molecular weight is 353 g/mol. The van der Waals surface area contributed by atoms with Crippen LogP contribution < -0.4 is 4.90 Å². The lowest BCUT2D eigenvalue weighted by Crippen LogP contribution is -2.43. The van der Waals surface area contributed by atoms with Gasteiger partial charge in [-0.2, -0.15) is 0 Å². The molecule has 2 aliphatic rings. The number of nitrogens with zero attached hydrogens (tertiary/aromatic N) is 3. The van der Waals surface area contributed by atoms with E-state index in [9.17, 15) is 14.4 Å². The first-order valence-corrected chi connectivity index (χ1v) is 8.62. The van der Waals surface area contributed by atoms with E-state index in [-0.39, 0.29) is 43.5 Å². The largest absolute Gasteiger partial charge is 0.467 e. The number of carbonyl (C=O) groups excluding carboxylic acids is 3. The first-order valence-electron chi connectivity index (χ1n) is 8.62. The lowest BCUT2D eigenvalue weighted by Gasteiger charge is -2.24. The van der Waals surface area contributed by atoms with Gasteiger partial charge in [0.2, 0.25) is 5.91 Å². The minimum absolute atomic E-state index is 0.0697. The quantitative estimate of drug-likeness (QED) is 0.747. The van der Waals surface area contributed by atoms with Crippen LogP contribution in [0.3, 0.4) is 0 Å². The summed E-state index contributed by atoms with van der Waals surface area (Å²) < 4.78 is 5.36. The van der Waals surface area contributed by atoms with Crippen molar-refractivity contribution in [3.63, 3.8) is 0 Å². The zero-order valence-corrected chi connectivity index (χ0v) is 14.2. The molecule has 4 rings (SSSR count). The van der Waals surface area contributed by atoms with Crippen LogP contribution in [0.4, 0.5) is 10.5 Å². The van der Waals surface area contributed by atoms with Gasteiger partial charge >= 0.3 is 6.03 Å². The maximum Gasteiger partial charge on any atom is 0.327 e. The fourth-order valence-corrected chi connectivity index (χ4v) is 3.10. The summed E-state index contributed by atoms with van der Waals surface area (Å²) >= 11 is 0. The number of amides is 4. The number of hydrogen-bond donors (Lipinski definition) is 0. The van der Waals surface area contributed by atoms with Crippen LogP contribution >= 0.6 is 0 Å². The van der Waals surface area contributed by atoms with Gasteiger partial charge in [-0.05, 0) is 37.1 Å². The Morgan fingerprint density at radius 2 is 1.88 bits per heavy atom. The van der Waals surface area contributed by atoms with Crippen molar-refractivity contribution >= 4 is 23.5 Å². The molecule has 0 N–H and O–H groups in total. The number of hydrogen-bond acceptors (Lipinski definition) is 4. The Labute approximate surface area is 150 Å². The molecule has 1 saturated heterocycles. The van der Waals surface area contributed by atoms with Gasteiger partial charge in [0.1, 0.15) is 18.8 Å². The number of carbonyl (C=O) groups is 3. The Kier molecular flexibility index (Phi) is 4.20. The fourth-order valence-electron chi connectivity index (χ4n) is 3.10. The maximum absolute atomic E-state index is 12.9. The molecule has 7 heteroatoms. The van der Waals surface area contributed by atoms with E-state index in [1.807, 2.05) is 30.3 Å². The molecule has 0 bridgehead atoms. The van der Waals surface area contributed by atoms with Gasteiger partial charge in [-0.3, -0.25) is 14.5 Å². The summed E-state index contributed by atoms with van der Waals surface area (Å²) in [6, 6.07) is 12.5. The van der Waals surface area contributed by atoms with E-state index in [0.717, 1.165) is 17.7 Å². The molecule has 0 unspecified atom stereocenters. The molecule has 1 aliphatic carbocycles. The molecule has 4 amide bonds. The van der Waals surface area contributed by atoms with Gasteiger partial charge in [0, 0.05) is 11.7 Å². The molecule has 1 aromatic carbocycles. The van der Waals surface area contributed by atoms with Crippen LogP contribution in [0.25, 0.3) is 0 Å². The van der Waals surface area contributed by atoms with Gasteiger partial charge in [0.05, 0.1) is 12.8 Å². The third-order valence-corrected chi connectivity index (χ3v) is 4.63. The summed E-state index contributed by atoms with van der Waals surface area (Å²) in [6.45, 7) is 0.0369. The molecule has 1 aromatic heterocycles. The van der Waals surface area contributed by atoms with Gasteiger partial charge in [-0.25, -0.2) is 4.79 Å². The first kappa shape index (κ1) is 16.4. The molecule has 2 fully saturated rings. The van der Waals surface area contributed by atoms with Crippen molar-refractivity contribution < 1.29 is 18.8 Å². The Balaban J connectivity index is 1.52. The second-order valence-electron chi connectivity index (χ2n) is 6.52. The summed E-state index contributed by atoms with van der Waals surface area (Å²) in [5, 5.41) is 0. The van der Waals surface area contributed by atoms with Crippen molar-refractivity contribution in [1.29, 1.82) is 0 Å². The van der Waals surface area contributed by atoms with Gasteiger partial charge in [0.15, 0.2) is 0 Å². The highest BCUT2D eigenvalue weighted by atomic mass is 16.3. The molecular formula is C19H19N3O4. The van der Waals surface area contributed by atoms with Crippen LogP contribution in [0.2, 0.25) is 0 Å². The highest BCUT2D eigenvalue weighted by Gasteiger charge is 2.44. The second kappa shape index (κ2) is 6.67. The van der Waals surface area contributed by atoms with Crippen LogP contribution in [0.1, 0.15) is 18.6 Å². The molecule has 0 radical (unpaired) electrons. The van der Waals surface area contributed by atoms with Crippen molar-refractivity contribution in [2.45, 2.75) is 25.4 Å². The number of rotatable bonds is 6. The van der Waals surface area contributed by atoms with Crippen molar-refractivity contribution in [3.05, 3.63) is 54.5 Å². The predicted octanol–water partition coefficient (Wildman–Crippen LogP) is 2.24. The zero-order valence-electron chi connectivity index (χ0n) is 14.2. The Hall–Kier alpha value is -3.09. The summed E-state index contributed by atoms with van der Waals surface area (Å²) in [6.07, 6.45) is 3.40. The number of benzene rings is 1. The summed E-state index contributed by atoms with van der Waals surface area (Å²) in [7, 11) is 0. The average Bonchev–Trinajstić information content (AvgIpc) is 3.29. The van der Waals surface area contributed by atoms with E-state index in [2.05, 4.69) is 0 Å². The number of anilines is 1. The first-order chi connectivity index (χ1) is 12.6. The van der Waals surface area contributed by atoms with Gasteiger partial charge < -0.3 is 14.2 Å². The van der Waals surface area contributed by atoms with E-state index in [4.69, 9.17) is 4.42 Å². The smallest absolute Gasteiger partial charge is 0.327 e. The van der Waals surface area contributed by atoms with E-state index in [0.29, 0.717) is 11.4 Å². The standard InChI is InChI=1S/C19H19N3O4/c23-17(13-22-18(24)12-21(19(22)25)15-8-9-15)20(11-16-7-4-10-26-16)14-5-2-1-3-6-14/h1-7,10,15H,8-9,11-13H2. The molecule has 1 saturated carbocycles. The molecule has 1 aliphatic heterocycles. The second-order valence-corrected chi connectivity index (χ2v) is 6.52. The summed E-state index contributed by atoms with van der Waals surface area (Å²) in [5.74, 6) is -0.0194. The number of urea groups is 1. The summed E-state index contributed by atoms with van der Waals surface area (Å²) in [5.41, 5.74) is 0.687. The maximum atomic E-state index is 12.9. The van der Waals surface area contributed by atoms with E-state index >= 15 is 0 Å². The van der Waals surface area contributed by atoms with E-state index < -0.39 is 0 Å². The minimum atomic E-state index is -0.364. The SMILES string of the molecule is O=C1CN(C2CC2)C(=O)N1CC(=O)N(Cc1ccco1)c1ccccc1. The monoisotopic (exact) mass is 353 g/mol. The molecule has 7 nitrogen and oxygen atoms in total. The van der Waals surface area contributed by atoms with Crippen LogP contribution in [0.15, 0.2) is 53.1 Å². The molecule has 2 heterocycles. The van der Waals surface area contributed by atoms with Crippen molar-refractivity contribution in [1.82, 2.24) is 9.80 Å². The highest BCUT2D eigenvalue weighted by molar-refractivity contribution is 6.07. The third-order valence-electron chi connectivity index (χ3n) is 4.63. The van der Waals surface area contributed by atoms with Crippen LogP contribution in [-0.2, 0) is 16.1 Å². The Morgan fingerprint density at radius 3 is 2.54 bits per heavy atom. The van der Waals surface area contributed by atoms with Crippen molar-refractivity contribution in [3.8, 4) is 0 Å². The van der Waals surface area contributed by atoms with Crippen molar-refractivity contribution in [2.75, 3.05) is 18.0 Å². The molecule has 26 heavy (non-hydrogen) atoms. The minimum Gasteiger partial charge on any atom is -0.467 e. The zero-order chi connectivity index (χ0) is 18.1.